The average molecular weight is 294 g/mol. The third-order valence-electron chi connectivity index (χ3n) is 4.22. The highest BCUT2D eigenvalue weighted by Crippen LogP contribution is 2.39. The first-order valence-electron chi connectivity index (χ1n) is 7.91. The summed E-state index contributed by atoms with van der Waals surface area (Å²) in [5.41, 5.74) is 3.22. The molecule has 21 heavy (non-hydrogen) atoms. The van der Waals surface area contributed by atoms with Gasteiger partial charge in [-0.05, 0) is 43.3 Å². The summed E-state index contributed by atoms with van der Waals surface area (Å²) in [4.78, 5) is 0. The van der Waals surface area contributed by atoms with E-state index in [4.69, 9.17) is 0 Å². The predicted octanol–water partition coefficient (Wildman–Crippen LogP) is 5.35. The van der Waals surface area contributed by atoms with Gasteiger partial charge in [-0.3, -0.25) is 0 Å². The Balaban J connectivity index is 1.59. The zero-order chi connectivity index (χ0) is 14.3. The number of benzene rings is 1. The highest BCUT2D eigenvalue weighted by molar-refractivity contribution is 7.65. The van der Waals surface area contributed by atoms with Crippen molar-refractivity contribution in [2.24, 2.45) is 0 Å². The van der Waals surface area contributed by atoms with Gasteiger partial charge in [-0.1, -0.05) is 85.9 Å². The maximum absolute atomic E-state index is 2.33. The number of hydrogen-bond acceptors (Lipinski definition) is 0. The Morgan fingerprint density at radius 2 is 1.33 bits per heavy atom. The summed E-state index contributed by atoms with van der Waals surface area (Å²) in [5.74, 6) is 0. The van der Waals surface area contributed by atoms with Crippen molar-refractivity contribution < 1.29 is 0 Å². The summed E-state index contributed by atoms with van der Waals surface area (Å²) in [6.07, 6.45) is 21.1. The molecule has 3 rings (SSSR count). The summed E-state index contributed by atoms with van der Waals surface area (Å²) in [6, 6.07) is 11.2. The van der Waals surface area contributed by atoms with Crippen molar-refractivity contribution in [2.75, 3.05) is 12.3 Å². The lowest BCUT2D eigenvalue weighted by molar-refractivity contribution is 1.03. The van der Waals surface area contributed by atoms with Gasteiger partial charge in [0.2, 0.25) is 0 Å². The maximum Gasteiger partial charge on any atom is -0.0132 e. The van der Waals surface area contributed by atoms with Crippen LogP contribution in [0.5, 0.6) is 0 Å². The molecule has 0 radical (unpaired) electrons. The van der Waals surface area contributed by atoms with Crippen LogP contribution in [0.1, 0.15) is 25.7 Å². The second-order valence-corrected chi connectivity index (χ2v) is 8.23. The van der Waals surface area contributed by atoms with Crippen molar-refractivity contribution in [3.63, 3.8) is 0 Å². The normalized spacial score (nSPS) is 16.6. The van der Waals surface area contributed by atoms with Crippen molar-refractivity contribution in [3.05, 3.63) is 77.9 Å². The quantitative estimate of drug-likeness (QED) is 0.595. The van der Waals surface area contributed by atoms with E-state index in [0.29, 0.717) is 0 Å². The van der Waals surface area contributed by atoms with E-state index in [-0.39, 0.29) is 7.92 Å². The van der Waals surface area contributed by atoms with Gasteiger partial charge in [0.05, 0.1) is 0 Å². The Morgan fingerprint density at radius 3 is 1.81 bits per heavy atom. The molecule has 1 heteroatoms. The summed E-state index contributed by atoms with van der Waals surface area (Å²) < 4.78 is 0. The van der Waals surface area contributed by atoms with E-state index in [9.17, 15) is 0 Å². The zero-order valence-corrected chi connectivity index (χ0v) is 13.4. The summed E-state index contributed by atoms with van der Waals surface area (Å²) in [7, 11) is -0.0253. The third kappa shape index (κ3) is 4.29. The lowest BCUT2D eigenvalue weighted by atomic mass is 10.2. The van der Waals surface area contributed by atoms with Crippen LogP contribution in [0.2, 0.25) is 0 Å². The summed E-state index contributed by atoms with van der Waals surface area (Å²) >= 11 is 0. The lowest BCUT2D eigenvalue weighted by Crippen LogP contribution is -2.07. The number of rotatable bonds is 7. The molecule has 0 fully saturated rings. The van der Waals surface area contributed by atoms with Gasteiger partial charge in [0.15, 0.2) is 0 Å². The van der Waals surface area contributed by atoms with Crippen LogP contribution in [0.15, 0.2) is 77.9 Å². The van der Waals surface area contributed by atoms with Crippen molar-refractivity contribution >= 4 is 13.2 Å². The van der Waals surface area contributed by atoms with E-state index in [0.717, 1.165) is 0 Å². The molecule has 0 unspecified atom stereocenters. The van der Waals surface area contributed by atoms with Crippen LogP contribution in [-0.4, -0.2) is 12.3 Å². The minimum absolute atomic E-state index is 0.0253. The van der Waals surface area contributed by atoms with E-state index in [1.54, 1.807) is 16.5 Å². The highest BCUT2D eigenvalue weighted by atomic mass is 31.1. The van der Waals surface area contributed by atoms with Crippen LogP contribution in [0.25, 0.3) is 0 Å². The van der Waals surface area contributed by atoms with E-state index in [1.165, 1.54) is 38.0 Å². The van der Waals surface area contributed by atoms with Crippen LogP contribution in [0.3, 0.4) is 0 Å². The molecule has 0 N–H and O–H groups in total. The van der Waals surface area contributed by atoms with Crippen molar-refractivity contribution in [2.45, 2.75) is 25.7 Å². The molecule has 0 saturated carbocycles. The SMILES string of the molecule is C1=CCC(CCP(CCC2=CC=CC2)c2ccccc2)=C1. The molecule has 0 spiro atoms. The van der Waals surface area contributed by atoms with Crippen molar-refractivity contribution in [1.29, 1.82) is 0 Å². The lowest BCUT2D eigenvalue weighted by Gasteiger charge is -2.19. The molecular formula is C20H23P. The minimum atomic E-state index is -0.0253. The van der Waals surface area contributed by atoms with Gasteiger partial charge >= 0.3 is 0 Å². The summed E-state index contributed by atoms with van der Waals surface area (Å²) in [6.45, 7) is 0. The van der Waals surface area contributed by atoms with E-state index >= 15 is 0 Å². The molecule has 0 amide bonds. The molecule has 0 heterocycles. The average Bonchev–Trinajstić information content (AvgIpc) is 3.21. The fourth-order valence-electron chi connectivity index (χ4n) is 2.92. The van der Waals surface area contributed by atoms with E-state index in [1.807, 2.05) is 0 Å². The van der Waals surface area contributed by atoms with Gasteiger partial charge in [0, 0.05) is 0 Å². The second kappa shape index (κ2) is 7.57. The fraction of sp³-hybridized carbons (Fsp3) is 0.300. The van der Waals surface area contributed by atoms with Crippen LogP contribution >= 0.6 is 7.92 Å². The molecule has 0 aliphatic heterocycles. The second-order valence-electron chi connectivity index (χ2n) is 5.74. The molecule has 0 aromatic heterocycles. The van der Waals surface area contributed by atoms with Gasteiger partial charge in [-0.2, -0.15) is 0 Å². The first-order valence-corrected chi connectivity index (χ1v) is 9.62. The molecule has 2 aliphatic rings. The van der Waals surface area contributed by atoms with E-state index in [2.05, 4.69) is 66.8 Å². The zero-order valence-electron chi connectivity index (χ0n) is 12.5. The van der Waals surface area contributed by atoms with Crippen molar-refractivity contribution in [3.8, 4) is 0 Å². The first kappa shape index (κ1) is 14.5. The molecule has 2 aliphatic carbocycles. The first-order chi connectivity index (χ1) is 10.4. The third-order valence-corrected chi connectivity index (χ3v) is 6.78. The van der Waals surface area contributed by atoms with Crippen LogP contribution in [0.4, 0.5) is 0 Å². The largest absolute Gasteiger partial charge is 0.0805 e. The monoisotopic (exact) mass is 294 g/mol. The number of hydrogen-bond donors (Lipinski definition) is 0. The van der Waals surface area contributed by atoms with Gasteiger partial charge in [0.25, 0.3) is 0 Å². The fourth-order valence-corrected chi connectivity index (χ4v) is 5.37. The maximum atomic E-state index is 2.33. The van der Waals surface area contributed by atoms with Crippen molar-refractivity contribution in [1.82, 2.24) is 0 Å². The molecule has 0 nitrogen and oxygen atoms in total. The Kier molecular flexibility index (Phi) is 5.24. The minimum Gasteiger partial charge on any atom is -0.0805 e. The molecule has 0 atom stereocenters. The van der Waals surface area contributed by atoms with Crippen LogP contribution in [0, 0.1) is 0 Å². The molecule has 0 bridgehead atoms. The standard InChI is InChI=1S/C20H23P/c1-2-12-20(13-3-1)21(16-14-18-8-4-5-9-18)17-15-19-10-6-7-11-19/h1-8,10,12-13H,9,11,14-17H2. The predicted molar refractivity (Wildman–Crippen MR) is 95.6 cm³/mol. The molecule has 1 aromatic carbocycles. The molecule has 108 valence electrons. The molecule has 1 aromatic rings. The molecular weight excluding hydrogens is 271 g/mol. The van der Waals surface area contributed by atoms with Crippen LogP contribution in [-0.2, 0) is 0 Å². The number of allylic oxidation sites excluding steroid dienone is 8. The Hall–Kier alpha value is -1.39. The Labute approximate surface area is 129 Å². The van der Waals surface area contributed by atoms with Gasteiger partial charge in [0.1, 0.15) is 0 Å². The summed E-state index contributed by atoms with van der Waals surface area (Å²) in [5, 5.41) is 1.57. The smallest absolute Gasteiger partial charge is 0.0132 e. The molecule has 0 saturated heterocycles. The van der Waals surface area contributed by atoms with Crippen LogP contribution < -0.4 is 5.30 Å². The Morgan fingerprint density at radius 1 is 0.762 bits per heavy atom. The van der Waals surface area contributed by atoms with Gasteiger partial charge < -0.3 is 0 Å². The Bertz CT molecular complexity index is 541. The topological polar surface area (TPSA) is 0 Å². The van der Waals surface area contributed by atoms with Gasteiger partial charge in [-0.25, -0.2) is 0 Å². The highest BCUT2D eigenvalue weighted by Gasteiger charge is 2.13. The van der Waals surface area contributed by atoms with E-state index < -0.39 is 0 Å². The van der Waals surface area contributed by atoms with Gasteiger partial charge in [-0.15, -0.1) is 0 Å².